The van der Waals surface area contributed by atoms with Crippen molar-refractivity contribution in [2.24, 2.45) is 0 Å². The summed E-state index contributed by atoms with van der Waals surface area (Å²) < 4.78 is 43.4. The number of alkyl halides is 3. The first kappa shape index (κ1) is 16.5. The molecule has 1 aromatic carbocycles. The largest absolute Gasteiger partial charge is 0.505 e. The van der Waals surface area contributed by atoms with E-state index in [0.717, 1.165) is 4.90 Å². The number of nitrogens with zero attached hydrogens (tertiary/aromatic N) is 2. The number of fused-ring (bicyclic) bond motifs is 1. The quantitative estimate of drug-likeness (QED) is 0.867. The van der Waals surface area contributed by atoms with E-state index in [2.05, 4.69) is 4.98 Å². The van der Waals surface area contributed by atoms with E-state index in [1.807, 2.05) is 0 Å². The summed E-state index contributed by atoms with van der Waals surface area (Å²) in [4.78, 5) is 17.6. The molecule has 1 aliphatic rings. The van der Waals surface area contributed by atoms with Gasteiger partial charge in [-0.2, -0.15) is 13.2 Å². The molecule has 24 heavy (non-hydrogen) atoms. The smallest absolute Gasteiger partial charge is 0.416 e. The average Bonchev–Trinajstić information content (AvgIpc) is 2.54. The maximum atomic E-state index is 12.9. The number of pyridine rings is 1. The van der Waals surface area contributed by atoms with E-state index in [4.69, 9.17) is 4.74 Å². The summed E-state index contributed by atoms with van der Waals surface area (Å²) in [6.45, 7) is 0.726. The fourth-order valence-corrected chi connectivity index (χ4v) is 2.68. The Morgan fingerprint density at radius 1 is 1.38 bits per heavy atom. The Balaban J connectivity index is 1.94. The topological polar surface area (TPSA) is 62.7 Å². The van der Waals surface area contributed by atoms with E-state index >= 15 is 0 Å². The Morgan fingerprint density at radius 3 is 2.79 bits per heavy atom. The number of aromatic hydroxyl groups is 1. The summed E-state index contributed by atoms with van der Waals surface area (Å²) >= 11 is 0. The highest BCUT2D eigenvalue weighted by Gasteiger charge is 2.46. The molecule has 0 spiro atoms. The molecule has 1 fully saturated rings. The van der Waals surface area contributed by atoms with E-state index in [9.17, 15) is 23.1 Å². The highest BCUT2D eigenvalue weighted by atomic mass is 19.4. The van der Waals surface area contributed by atoms with Gasteiger partial charge in [0.05, 0.1) is 19.2 Å². The molecule has 128 valence electrons. The van der Waals surface area contributed by atoms with Gasteiger partial charge >= 0.3 is 6.18 Å². The zero-order chi connectivity index (χ0) is 17.5. The Labute approximate surface area is 135 Å². The average molecular weight is 340 g/mol. The maximum Gasteiger partial charge on any atom is 0.416 e. The Bertz CT molecular complexity index is 779. The van der Waals surface area contributed by atoms with Crippen molar-refractivity contribution in [1.82, 2.24) is 9.88 Å². The number of morpholine rings is 1. The van der Waals surface area contributed by atoms with Gasteiger partial charge in [0.15, 0.2) is 17.5 Å². The molecule has 5 nitrogen and oxygen atoms in total. The molecule has 1 aliphatic heterocycles. The monoisotopic (exact) mass is 340 g/mol. The van der Waals surface area contributed by atoms with Crippen LogP contribution in [0.1, 0.15) is 17.4 Å². The Kier molecular flexibility index (Phi) is 4.08. The van der Waals surface area contributed by atoms with Gasteiger partial charge in [0.1, 0.15) is 0 Å². The van der Waals surface area contributed by atoms with Crippen LogP contribution in [0.2, 0.25) is 0 Å². The summed E-state index contributed by atoms with van der Waals surface area (Å²) in [6.07, 6.45) is -5.19. The molecule has 1 N–H and O–H groups in total. The number of benzene rings is 1. The van der Waals surface area contributed by atoms with Crippen LogP contribution in [0.5, 0.6) is 5.75 Å². The molecule has 3 rings (SSSR count). The van der Waals surface area contributed by atoms with Crippen LogP contribution in [0.4, 0.5) is 13.2 Å². The molecule has 0 bridgehead atoms. The van der Waals surface area contributed by atoms with Crippen LogP contribution < -0.4 is 0 Å². The molecule has 0 saturated carbocycles. The van der Waals surface area contributed by atoms with Gasteiger partial charge in [0.2, 0.25) is 0 Å². The number of aromatic nitrogens is 1. The van der Waals surface area contributed by atoms with E-state index < -0.39 is 30.8 Å². The summed E-state index contributed by atoms with van der Waals surface area (Å²) in [5.41, 5.74) is -0.261. The zero-order valence-corrected chi connectivity index (χ0v) is 12.7. The summed E-state index contributed by atoms with van der Waals surface area (Å²) in [5.74, 6) is -1.08. The fraction of sp³-hybridized carbons (Fsp3) is 0.375. The maximum absolute atomic E-state index is 12.9. The SMILES string of the molecule is CC1COC(C(F)(F)F)CN1C(=O)c1ncc2ccccc2c1O. The number of ether oxygens (including phenoxy) is 1. The molecular formula is C16H15F3N2O3. The minimum atomic E-state index is -4.56. The number of hydrogen-bond acceptors (Lipinski definition) is 4. The third kappa shape index (κ3) is 2.89. The molecule has 2 aromatic rings. The second-order valence-corrected chi connectivity index (χ2v) is 5.71. The molecule has 0 aliphatic carbocycles. The van der Waals surface area contributed by atoms with Crippen molar-refractivity contribution in [3.63, 3.8) is 0 Å². The minimum absolute atomic E-state index is 0.232. The Hall–Kier alpha value is -2.35. The first-order valence-corrected chi connectivity index (χ1v) is 7.35. The van der Waals surface area contributed by atoms with Gasteiger partial charge in [-0.25, -0.2) is 4.98 Å². The molecule has 1 saturated heterocycles. The molecule has 0 radical (unpaired) electrons. The second-order valence-electron chi connectivity index (χ2n) is 5.71. The second kappa shape index (κ2) is 5.94. The lowest BCUT2D eigenvalue weighted by Crippen LogP contribution is -2.55. The van der Waals surface area contributed by atoms with Crippen LogP contribution in [0, 0.1) is 0 Å². The predicted molar refractivity (Wildman–Crippen MR) is 79.7 cm³/mol. The third-order valence-corrected chi connectivity index (χ3v) is 4.03. The Morgan fingerprint density at radius 2 is 2.08 bits per heavy atom. The first-order chi connectivity index (χ1) is 11.3. The minimum Gasteiger partial charge on any atom is -0.505 e. The molecule has 1 amide bonds. The van der Waals surface area contributed by atoms with Crippen molar-refractivity contribution in [1.29, 1.82) is 0 Å². The number of rotatable bonds is 1. The van der Waals surface area contributed by atoms with Gasteiger partial charge in [-0.3, -0.25) is 4.79 Å². The van der Waals surface area contributed by atoms with Crippen molar-refractivity contribution in [3.05, 3.63) is 36.2 Å². The van der Waals surface area contributed by atoms with Crippen LogP contribution in [-0.4, -0.2) is 52.4 Å². The lowest BCUT2D eigenvalue weighted by molar-refractivity contribution is -0.239. The van der Waals surface area contributed by atoms with Gasteiger partial charge < -0.3 is 14.7 Å². The number of carbonyl (C=O) groups excluding carboxylic acids is 1. The standard InChI is InChI=1S/C16H15F3N2O3/c1-9-8-24-12(16(17,18)19)7-21(9)15(23)13-14(22)11-5-3-2-4-10(11)6-20-13/h2-6,9,12,22H,7-8H2,1H3. The summed E-state index contributed by atoms with van der Waals surface area (Å²) in [6, 6.07) is 6.22. The van der Waals surface area contributed by atoms with E-state index in [1.54, 1.807) is 31.2 Å². The molecule has 2 atom stereocenters. The van der Waals surface area contributed by atoms with Crippen molar-refractivity contribution >= 4 is 16.7 Å². The van der Waals surface area contributed by atoms with Crippen molar-refractivity contribution < 1.29 is 27.8 Å². The highest BCUT2D eigenvalue weighted by Crippen LogP contribution is 2.31. The fourth-order valence-electron chi connectivity index (χ4n) is 2.68. The van der Waals surface area contributed by atoms with E-state index in [0.29, 0.717) is 10.8 Å². The van der Waals surface area contributed by atoms with Crippen LogP contribution in [0.25, 0.3) is 10.8 Å². The van der Waals surface area contributed by atoms with Gasteiger partial charge in [0, 0.05) is 17.0 Å². The van der Waals surface area contributed by atoms with Crippen LogP contribution >= 0.6 is 0 Å². The molecule has 1 aromatic heterocycles. The van der Waals surface area contributed by atoms with E-state index in [-0.39, 0.29) is 18.1 Å². The van der Waals surface area contributed by atoms with E-state index in [1.165, 1.54) is 6.20 Å². The first-order valence-electron chi connectivity index (χ1n) is 7.35. The normalized spacial score (nSPS) is 21.9. The van der Waals surface area contributed by atoms with Gasteiger partial charge in [-0.1, -0.05) is 24.3 Å². The van der Waals surface area contributed by atoms with Crippen molar-refractivity contribution in [3.8, 4) is 5.75 Å². The number of halogens is 3. The third-order valence-electron chi connectivity index (χ3n) is 4.03. The lowest BCUT2D eigenvalue weighted by atomic mass is 10.1. The number of carbonyl (C=O) groups is 1. The highest BCUT2D eigenvalue weighted by molar-refractivity contribution is 6.01. The summed E-state index contributed by atoms with van der Waals surface area (Å²) in [5, 5.41) is 11.4. The van der Waals surface area contributed by atoms with Crippen LogP contribution in [-0.2, 0) is 4.74 Å². The molecule has 2 heterocycles. The molecular weight excluding hydrogens is 325 g/mol. The van der Waals surface area contributed by atoms with Gasteiger partial charge in [-0.15, -0.1) is 0 Å². The van der Waals surface area contributed by atoms with Crippen LogP contribution in [0.15, 0.2) is 30.5 Å². The molecule has 8 heteroatoms. The number of amides is 1. The molecule has 2 unspecified atom stereocenters. The van der Waals surface area contributed by atoms with Crippen LogP contribution in [0.3, 0.4) is 0 Å². The van der Waals surface area contributed by atoms with Gasteiger partial charge in [0.25, 0.3) is 5.91 Å². The summed E-state index contributed by atoms with van der Waals surface area (Å²) in [7, 11) is 0. The van der Waals surface area contributed by atoms with Crippen molar-refractivity contribution in [2.75, 3.05) is 13.2 Å². The number of hydrogen-bond donors (Lipinski definition) is 1. The predicted octanol–water partition coefficient (Wildman–Crippen LogP) is 2.73. The van der Waals surface area contributed by atoms with Gasteiger partial charge in [-0.05, 0) is 6.92 Å². The zero-order valence-electron chi connectivity index (χ0n) is 12.7. The lowest BCUT2D eigenvalue weighted by Gasteiger charge is -2.38. The van der Waals surface area contributed by atoms with Crippen molar-refractivity contribution in [2.45, 2.75) is 25.2 Å².